The van der Waals surface area contributed by atoms with Crippen LogP contribution in [0.25, 0.3) is 5.57 Å². The molecule has 3 rings (SSSR count). The number of carbonyl (C=O) groups is 1. The van der Waals surface area contributed by atoms with Gasteiger partial charge in [0, 0.05) is 30.4 Å². The number of benzene rings is 1. The summed E-state index contributed by atoms with van der Waals surface area (Å²) in [6.07, 6.45) is 2.19. The lowest BCUT2D eigenvalue weighted by Gasteiger charge is -2.32. The second kappa shape index (κ2) is 6.56. The fourth-order valence-corrected chi connectivity index (χ4v) is 3.23. The van der Waals surface area contributed by atoms with Gasteiger partial charge in [-0.05, 0) is 31.1 Å². The fourth-order valence-electron chi connectivity index (χ4n) is 3.23. The van der Waals surface area contributed by atoms with Crippen molar-refractivity contribution >= 4 is 11.5 Å². The van der Waals surface area contributed by atoms with Crippen LogP contribution in [0.5, 0.6) is 0 Å². The lowest BCUT2D eigenvalue weighted by Crippen LogP contribution is -2.23. The van der Waals surface area contributed by atoms with Gasteiger partial charge in [0.25, 0.3) is 0 Å². The van der Waals surface area contributed by atoms with E-state index in [2.05, 4.69) is 61.2 Å². The normalized spacial score (nSPS) is 17.9. The highest BCUT2D eigenvalue weighted by Gasteiger charge is 2.29. The standard InChI is InChI=1S/C20H24N2O2/c1-5-24-20(23)18-11-16-17(12-22(4)14(3)19(16)21-18)13(2)15-9-7-6-8-10-15/h6-14,21H,5H2,1-4H3. The van der Waals surface area contributed by atoms with Gasteiger partial charge in [-0.1, -0.05) is 37.3 Å². The van der Waals surface area contributed by atoms with Gasteiger partial charge in [-0.25, -0.2) is 4.79 Å². The van der Waals surface area contributed by atoms with Crippen LogP contribution in [-0.2, 0) is 4.74 Å². The van der Waals surface area contributed by atoms with Crippen LogP contribution in [0.1, 0.15) is 60.0 Å². The molecule has 24 heavy (non-hydrogen) atoms. The summed E-state index contributed by atoms with van der Waals surface area (Å²) in [6.45, 7) is 6.53. The average Bonchev–Trinajstić information content (AvgIpc) is 3.04. The zero-order valence-electron chi connectivity index (χ0n) is 14.7. The van der Waals surface area contributed by atoms with E-state index in [1.807, 2.05) is 19.1 Å². The summed E-state index contributed by atoms with van der Waals surface area (Å²) in [5, 5.41) is 0. The zero-order valence-corrected chi connectivity index (χ0v) is 14.7. The average molecular weight is 324 g/mol. The number of aromatic amines is 1. The SMILES string of the molecule is CCOC(=O)c1cc2c([nH]1)C(C)N(C)C=C2C(C)c1ccccc1. The number of nitrogens with one attached hydrogen (secondary N) is 1. The molecule has 1 N–H and O–H groups in total. The van der Waals surface area contributed by atoms with Crippen LogP contribution >= 0.6 is 0 Å². The van der Waals surface area contributed by atoms with Gasteiger partial charge >= 0.3 is 5.97 Å². The van der Waals surface area contributed by atoms with Gasteiger partial charge in [0.05, 0.1) is 12.6 Å². The number of aromatic nitrogens is 1. The van der Waals surface area contributed by atoms with Crippen LogP contribution in [0.4, 0.5) is 0 Å². The van der Waals surface area contributed by atoms with Gasteiger partial charge in [0.1, 0.15) is 5.69 Å². The largest absolute Gasteiger partial charge is 0.461 e. The number of esters is 1. The smallest absolute Gasteiger partial charge is 0.354 e. The van der Waals surface area contributed by atoms with Gasteiger partial charge in [0.15, 0.2) is 0 Å². The van der Waals surface area contributed by atoms with Crippen LogP contribution in [0.3, 0.4) is 0 Å². The van der Waals surface area contributed by atoms with Crippen molar-refractivity contribution in [3.63, 3.8) is 0 Å². The fraction of sp³-hybridized carbons (Fsp3) is 0.350. The molecule has 0 radical (unpaired) electrons. The third kappa shape index (κ3) is 2.84. The van der Waals surface area contributed by atoms with E-state index in [9.17, 15) is 4.79 Å². The molecule has 1 aliphatic heterocycles. The number of rotatable bonds is 4. The Morgan fingerprint density at radius 3 is 2.71 bits per heavy atom. The highest BCUT2D eigenvalue weighted by molar-refractivity contribution is 5.90. The molecule has 4 heteroatoms. The Balaban J connectivity index is 2.03. The van der Waals surface area contributed by atoms with Crippen LogP contribution in [0, 0.1) is 0 Å². The number of ether oxygens (including phenoxy) is 1. The second-order valence-electron chi connectivity index (χ2n) is 6.29. The first-order chi connectivity index (χ1) is 11.5. The van der Waals surface area contributed by atoms with Crippen LogP contribution in [-0.4, -0.2) is 29.5 Å². The number of fused-ring (bicyclic) bond motifs is 1. The van der Waals surface area contributed by atoms with Gasteiger partial charge < -0.3 is 14.6 Å². The number of nitrogens with zero attached hydrogens (tertiary/aromatic N) is 1. The maximum Gasteiger partial charge on any atom is 0.354 e. The molecule has 0 saturated carbocycles. The molecule has 0 bridgehead atoms. The van der Waals surface area contributed by atoms with Crippen molar-refractivity contribution < 1.29 is 9.53 Å². The van der Waals surface area contributed by atoms with Gasteiger partial charge in [-0.3, -0.25) is 0 Å². The maximum atomic E-state index is 12.1. The molecule has 4 nitrogen and oxygen atoms in total. The predicted octanol–water partition coefficient (Wildman–Crippen LogP) is 4.34. The third-order valence-corrected chi connectivity index (χ3v) is 4.79. The summed E-state index contributed by atoms with van der Waals surface area (Å²) in [5.74, 6) is -0.0563. The molecule has 2 unspecified atom stereocenters. The van der Waals surface area contributed by atoms with Crippen molar-refractivity contribution in [1.82, 2.24) is 9.88 Å². The van der Waals surface area contributed by atoms with Crippen molar-refractivity contribution in [3.05, 3.63) is 65.1 Å². The third-order valence-electron chi connectivity index (χ3n) is 4.79. The zero-order chi connectivity index (χ0) is 17.3. The van der Waals surface area contributed by atoms with Crippen LogP contribution in [0.15, 0.2) is 42.6 Å². The number of hydrogen-bond donors (Lipinski definition) is 1. The van der Waals surface area contributed by atoms with E-state index in [4.69, 9.17) is 4.74 Å². The maximum absolute atomic E-state index is 12.1. The highest BCUT2D eigenvalue weighted by Crippen LogP contribution is 2.41. The van der Waals surface area contributed by atoms with Crippen molar-refractivity contribution in [2.75, 3.05) is 13.7 Å². The minimum Gasteiger partial charge on any atom is -0.461 e. The molecule has 0 amide bonds. The minimum atomic E-state index is -0.298. The lowest BCUT2D eigenvalue weighted by atomic mass is 9.86. The van der Waals surface area contributed by atoms with E-state index in [0.29, 0.717) is 12.3 Å². The summed E-state index contributed by atoms with van der Waals surface area (Å²) in [6, 6.07) is 12.6. The quantitative estimate of drug-likeness (QED) is 0.851. The van der Waals surface area contributed by atoms with Gasteiger partial charge in [0.2, 0.25) is 0 Å². The van der Waals surface area contributed by atoms with Crippen LogP contribution in [0.2, 0.25) is 0 Å². The van der Waals surface area contributed by atoms with Crippen molar-refractivity contribution in [2.45, 2.75) is 32.7 Å². The topological polar surface area (TPSA) is 45.3 Å². The Morgan fingerprint density at radius 2 is 2.04 bits per heavy atom. The van der Waals surface area contributed by atoms with E-state index in [1.54, 1.807) is 0 Å². The summed E-state index contributed by atoms with van der Waals surface area (Å²) < 4.78 is 5.14. The van der Waals surface area contributed by atoms with Crippen molar-refractivity contribution in [2.24, 2.45) is 0 Å². The monoisotopic (exact) mass is 324 g/mol. The minimum absolute atomic E-state index is 0.190. The number of hydrogen-bond acceptors (Lipinski definition) is 3. The molecule has 1 aromatic heterocycles. The van der Waals surface area contributed by atoms with E-state index in [-0.39, 0.29) is 17.9 Å². The lowest BCUT2D eigenvalue weighted by molar-refractivity contribution is 0.0520. The van der Waals surface area contributed by atoms with Crippen molar-refractivity contribution in [3.8, 4) is 0 Å². The summed E-state index contributed by atoms with van der Waals surface area (Å²) in [4.78, 5) is 17.6. The first kappa shape index (κ1) is 16.4. The molecule has 0 fully saturated rings. The number of allylic oxidation sites excluding steroid dienone is 1. The Kier molecular flexibility index (Phi) is 4.47. The number of H-pyrrole nitrogens is 1. The summed E-state index contributed by atoms with van der Waals surface area (Å²) >= 11 is 0. The molecule has 1 aromatic carbocycles. The second-order valence-corrected chi connectivity index (χ2v) is 6.29. The molecular formula is C20H24N2O2. The van der Waals surface area contributed by atoms with E-state index in [1.165, 1.54) is 11.1 Å². The molecule has 0 saturated heterocycles. The first-order valence-corrected chi connectivity index (χ1v) is 8.42. The molecular weight excluding hydrogens is 300 g/mol. The highest BCUT2D eigenvalue weighted by atomic mass is 16.5. The van der Waals surface area contributed by atoms with E-state index in [0.717, 1.165) is 11.3 Å². The molecule has 0 spiro atoms. The Bertz CT molecular complexity index is 761. The van der Waals surface area contributed by atoms with E-state index >= 15 is 0 Å². The molecule has 0 aliphatic carbocycles. The molecule has 1 aliphatic rings. The predicted molar refractivity (Wildman–Crippen MR) is 95.8 cm³/mol. The molecule has 2 atom stereocenters. The Morgan fingerprint density at radius 1 is 1.33 bits per heavy atom. The Labute approximate surface area is 143 Å². The van der Waals surface area contributed by atoms with E-state index < -0.39 is 0 Å². The summed E-state index contributed by atoms with van der Waals surface area (Å²) in [7, 11) is 2.07. The van der Waals surface area contributed by atoms with Gasteiger partial charge in [-0.2, -0.15) is 0 Å². The number of carbonyl (C=O) groups excluding carboxylic acids is 1. The van der Waals surface area contributed by atoms with Gasteiger partial charge in [-0.15, -0.1) is 0 Å². The Hall–Kier alpha value is -2.49. The molecule has 126 valence electrons. The van der Waals surface area contributed by atoms with Crippen molar-refractivity contribution in [1.29, 1.82) is 0 Å². The summed E-state index contributed by atoms with van der Waals surface area (Å²) in [5.41, 5.74) is 5.18. The molecule has 2 heterocycles. The molecule has 2 aromatic rings. The first-order valence-electron chi connectivity index (χ1n) is 8.42. The van der Waals surface area contributed by atoms with Crippen LogP contribution < -0.4 is 0 Å².